The van der Waals surface area contributed by atoms with E-state index in [1.807, 2.05) is 0 Å². The highest BCUT2D eigenvalue weighted by Gasteiger charge is 2.16. The number of nitrogens with two attached hydrogens (primary N) is 1. The molecule has 1 rings (SSSR count). The van der Waals surface area contributed by atoms with Gasteiger partial charge in [-0.05, 0) is 31.2 Å². The Labute approximate surface area is 117 Å². The molecule has 0 aliphatic rings. The number of nitrogens with one attached hydrogen (secondary N) is 1. The van der Waals surface area contributed by atoms with Crippen LogP contribution in [-0.2, 0) is 10.0 Å². The lowest BCUT2D eigenvalue weighted by Crippen LogP contribution is -2.26. The second-order valence-corrected chi connectivity index (χ2v) is 5.69. The van der Waals surface area contributed by atoms with Gasteiger partial charge in [0.1, 0.15) is 4.90 Å². The first-order valence-electron chi connectivity index (χ1n) is 4.62. The van der Waals surface area contributed by atoms with Gasteiger partial charge in [0.05, 0.1) is 5.02 Å². The van der Waals surface area contributed by atoms with Crippen LogP contribution in [0.3, 0.4) is 0 Å². The molecule has 1 aromatic carbocycles. The van der Waals surface area contributed by atoms with Crippen molar-refractivity contribution in [1.29, 1.82) is 0 Å². The van der Waals surface area contributed by atoms with Crippen LogP contribution in [0.4, 0.5) is 0 Å². The minimum Gasteiger partial charge on any atom is -0.330 e. The molecule has 0 aromatic heterocycles. The molecular formula is C9H13Cl3N2O2S. The van der Waals surface area contributed by atoms with Gasteiger partial charge in [-0.25, -0.2) is 13.1 Å². The fourth-order valence-corrected chi connectivity index (χ4v) is 2.92. The number of sulfonamides is 1. The van der Waals surface area contributed by atoms with Crippen LogP contribution >= 0.6 is 35.6 Å². The summed E-state index contributed by atoms with van der Waals surface area (Å²) in [4.78, 5) is 0.0237. The molecule has 0 saturated heterocycles. The summed E-state index contributed by atoms with van der Waals surface area (Å²) in [5.74, 6) is 0. The van der Waals surface area contributed by atoms with Crippen LogP contribution in [0.5, 0.6) is 0 Å². The minimum absolute atomic E-state index is 0. The largest absolute Gasteiger partial charge is 0.330 e. The van der Waals surface area contributed by atoms with Gasteiger partial charge in [-0.15, -0.1) is 12.4 Å². The third kappa shape index (κ3) is 4.99. The Kier molecular flexibility index (Phi) is 7.39. The molecule has 0 bridgehead atoms. The first-order chi connectivity index (χ1) is 7.47. The summed E-state index contributed by atoms with van der Waals surface area (Å²) in [6.07, 6.45) is 0.574. The average molecular weight is 320 g/mol. The van der Waals surface area contributed by atoms with Gasteiger partial charge in [0.25, 0.3) is 0 Å². The molecule has 0 aliphatic heterocycles. The van der Waals surface area contributed by atoms with Crippen molar-refractivity contribution in [2.75, 3.05) is 13.1 Å². The van der Waals surface area contributed by atoms with Crippen molar-refractivity contribution in [3.05, 3.63) is 28.2 Å². The molecule has 0 spiro atoms. The van der Waals surface area contributed by atoms with E-state index in [1.165, 1.54) is 18.2 Å². The van der Waals surface area contributed by atoms with Crippen LogP contribution in [-0.4, -0.2) is 21.5 Å². The lowest BCUT2D eigenvalue weighted by molar-refractivity contribution is 0.579. The molecule has 17 heavy (non-hydrogen) atoms. The van der Waals surface area contributed by atoms with Crippen LogP contribution in [0.1, 0.15) is 6.42 Å². The normalized spacial score (nSPS) is 11.0. The van der Waals surface area contributed by atoms with Gasteiger partial charge in [-0.3, -0.25) is 0 Å². The van der Waals surface area contributed by atoms with Crippen molar-refractivity contribution in [3.8, 4) is 0 Å². The van der Waals surface area contributed by atoms with Gasteiger partial charge in [0, 0.05) is 11.6 Å². The van der Waals surface area contributed by atoms with Gasteiger partial charge < -0.3 is 5.73 Å². The van der Waals surface area contributed by atoms with Gasteiger partial charge in [-0.1, -0.05) is 23.2 Å². The first-order valence-corrected chi connectivity index (χ1v) is 6.86. The zero-order chi connectivity index (χ0) is 12.2. The fourth-order valence-electron chi connectivity index (χ4n) is 1.08. The van der Waals surface area contributed by atoms with Crippen LogP contribution in [0, 0.1) is 0 Å². The Morgan fingerprint density at radius 2 is 1.94 bits per heavy atom. The van der Waals surface area contributed by atoms with Crippen molar-refractivity contribution in [3.63, 3.8) is 0 Å². The monoisotopic (exact) mass is 318 g/mol. The van der Waals surface area contributed by atoms with Gasteiger partial charge in [0.15, 0.2) is 0 Å². The number of halogens is 3. The number of hydrogen-bond acceptors (Lipinski definition) is 3. The predicted octanol–water partition coefficient (Wildman–Crippen LogP) is 2.04. The van der Waals surface area contributed by atoms with E-state index in [0.29, 0.717) is 18.0 Å². The topological polar surface area (TPSA) is 72.2 Å². The SMILES string of the molecule is Cl.NCCCNS(=O)(=O)c1ccc(Cl)cc1Cl. The van der Waals surface area contributed by atoms with E-state index in [4.69, 9.17) is 28.9 Å². The molecule has 0 radical (unpaired) electrons. The summed E-state index contributed by atoms with van der Waals surface area (Å²) in [6, 6.07) is 4.24. The molecule has 3 N–H and O–H groups in total. The van der Waals surface area contributed by atoms with Crippen LogP contribution in [0.2, 0.25) is 10.0 Å². The average Bonchev–Trinajstić information content (AvgIpc) is 2.17. The van der Waals surface area contributed by atoms with Crippen LogP contribution in [0.25, 0.3) is 0 Å². The smallest absolute Gasteiger partial charge is 0.242 e. The molecule has 0 unspecified atom stereocenters. The Bertz CT molecular complexity index is 465. The molecule has 1 aromatic rings. The Hall–Kier alpha value is -0.0400. The Balaban J connectivity index is 0.00000256. The highest BCUT2D eigenvalue weighted by atomic mass is 35.5. The standard InChI is InChI=1S/C9H12Cl2N2O2S.ClH/c10-7-2-3-9(8(11)6-7)16(14,15)13-5-1-4-12;/h2-3,6,13H,1,4-5,12H2;1H. The summed E-state index contributed by atoms with van der Waals surface area (Å²) in [7, 11) is -3.58. The zero-order valence-corrected chi connectivity index (χ0v) is 12.0. The third-order valence-corrected chi connectivity index (χ3v) is 4.04. The number of benzene rings is 1. The van der Waals surface area contributed by atoms with E-state index < -0.39 is 10.0 Å². The molecular weight excluding hydrogens is 307 g/mol. The lowest BCUT2D eigenvalue weighted by Gasteiger charge is -2.07. The van der Waals surface area contributed by atoms with Crippen molar-refractivity contribution in [1.82, 2.24) is 4.72 Å². The fraction of sp³-hybridized carbons (Fsp3) is 0.333. The van der Waals surface area contributed by atoms with Gasteiger partial charge in [0.2, 0.25) is 10.0 Å². The van der Waals surface area contributed by atoms with E-state index in [2.05, 4.69) is 4.72 Å². The van der Waals surface area contributed by atoms with Crippen LogP contribution < -0.4 is 10.5 Å². The van der Waals surface area contributed by atoms with Crippen molar-refractivity contribution < 1.29 is 8.42 Å². The van der Waals surface area contributed by atoms with Crippen molar-refractivity contribution in [2.24, 2.45) is 5.73 Å². The molecule has 0 saturated carbocycles. The Morgan fingerprint density at radius 3 is 2.47 bits per heavy atom. The molecule has 0 aliphatic carbocycles. The maximum Gasteiger partial charge on any atom is 0.242 e. The van der Waals surface area contributed by atoms with E-state index in [9.17, 15) is 8.42 Å². The molecule has 0 atom stereocenters. The summed E-state index contributed by atoms with van der Waals surface area (Å²) >= 11 is 11.5. The summed E-state index contributed by atoms with van der Waals surface area (Å²) < 4.78 is 25.9. The molecule has 98 valence electrons. The molecule has 4 nitrogen and oxygen atoms in total. The van der Waals surface area contributed by atoms with Gasteiger partial charge in [-0.2, -0.15) is 0 Å². The van der Waals surface area contributed by atoms with E-state index in [1.54, 1.807) is 0 Å². The van der Waals surface area contributed by atoms with Crippen molar-refractivity contribution in [2.45, 2.75) is 11.3 Å². The highest BCUT2D eigenvalue weighted by Crippen LogP contribution is 2.24. The number of rotatable bonds is 5. The second-order valence-electron chi connectivity index (χ2n) is 3.11. The highest BCUT2D eigenvalue weighted by molar-refractivity contribution is 7.89. The molecule has 0 heterocycles. The summed E-state index contributed by atoms with van der Waals surface area (Å²) in [5, 5.41) is 0.499. The van der Waals surface area contributed by atoms with E-state index in [0.717, 1.165) is 0 Å². The van der Waals surface area contributed by atoms with E-state index in [-0.39, 0.29) is 28.9 Å². The van der Waals surface area contributed by atoms with E-state index >= 15 is 0 Å². The second kappa shape index (κ2) is 7.41. The Morgan fingerprint density at radius 1 is 1.29 bits per heavy atom. The zero-order valence-electron chi connectivity index (χ0n) is 8.82. The minimum atomic E-state index is -3.58. The lowest BCUT2D eigenvalue weighted by atomic mass is 10.4. The molecule has 0 amide bonds. The van der Waals surface area contributed by atoms with Crippen LogP contribution in [0.15, 0.2) is 23.1 Å². The summed E-state index contributed by atoms with van der Waals surface area (Å²) in [5.41, 5.74) is 5.27. The molecule has 8 heteroatoms. The first kappa shape index (κ1) is 17.0. The third-order valence-electron chi connectivity index (χ3n) is 1.86. The molecule has 0 fully saturated rings. The predicted molar refractivity (Wildman–Crippen MR) is 72.6 cm³/mol. The maximum absolute atomic E-state index is 11.8. The quantitative estimate of drug-likeness (QED) is 0.816. The summed E-state index contributed by atoms with van der Waals surface area (Å²) in [6.45, 7) is 0.717. The maximum atomic E-state index is 11.8. The number of hydrogen-bond donors (Lipinski definition) is 2. The van der Waals surface area contributed by atoms with Gasteiger partial charge >= 0.3 is 0 Å². The van der Waals surface area contributed by atoms with Crippen molar-refractivity contribution >= 4 is 45.6 Å².